The van der Waals surface area contributed by atoms with E-state index in [0.29, 0.717) is 5.57 Å². The summed E-state index contributed by atoms with van der Waals surface area (Å²) in [6.07, 6.45) is 7.09. The lowest BCUT2D eigenvalue weighted by atomic mass is 9.86. The predicted molar refractivity (Wildman–Crippen MR) is 146 cm³/mol. The maximum Gasteiger partial charge on any atom is 0.248 e. The third kappa shape index (κ3) is 7.18. The van der Waals surface area contributed by atoms with Crippen LogP contribution in [-0.2, 0) is 10.2 Å². The van der Waals surface area contributed by atoms with Gasteiger partial charge in [0, 0.05) is 30.3 Å². The number of nitrogens with zero attached hydrogens (tertiary/aromatic N) is 1. The summed E-state index contributed by atoms with van der Waals surface area (Å²) in [5.41, 5.74) is 4.56. The van der Waals surface area contributed by atoms with Crippen molar-refractivity contribution in [2.45, 2.75) is 103 Å². The summed E-state index contributed by atoms with van der Waals surface area (Å²) in [4.78, 5) is 15.9. The molecule has 3 nitrogen and oxygen atoms in total. The average molecular weight is 515 g/mol. The van der Waals surface area contributed by atoms with Crippen molar-refractivity contribution in [1.29, 1.82) is 0 Å². The topological polar surface area (TPSA) is 32.3 Å². The fraction of sp³-hybridized carbons (Fsp3) is 0.516. The Hall–Kier alpha value is -2.76. The second kappa shape index (κ2) is 11.7. The normalized spacial score (nSPS) is 19.6. The molecule has 37 heavy (non-hydrogen) atoms. The molecule has 2 aliphatic rings. The van der Waals surface area contributed by atoms with Gasteiger partial charge in [0.2, 0.25) is 11.8 Å². The van der Waals surface area contributed by atoms with Crippen LogP contribution >= 0.6 is 0 Å². The highest BCUT2D eigenvalue weighted by Crippen LogP contribution is 2.37. The lowest BCUT2D eigenvalue weighted by molar-refractivity contribution is -0.123. The predicted octanol–water partition coefficient (Wildman–Crippen LogP) is 8.30. The average Bonchev–Trinajstić information content (AvgIpc) is 2.80. The van der Waals surface area contributed by atoms with E-state index in [9.17, 15) is 18.0 Å². The highest BCUT2D eigenvalue weighted by molar-refractivity contribution is 5.91. The van der Waals surface area contributed by atoms with Crippen LogP contribution in [0.2, 0.25) is 0 Å². The van der Waals surface area contributed by atoms with Crippen molar-refractivity contribution in [3.8, 4) is 0 Å². The Labute approximate surface area is 220 Å². The zero-order chi connectivity index (χ0) is 27.4. The molecule has 6 heteroatoms. The number of alkyl halides is 2. The molecule has 1 aromatic rings. The van der Waals surface area contributed by atoms with Gasteiger partial charge >= 0.3 is 0 Å². The molecule has 202 valence electrons. The maximum absolute atomic E-state index is 14.5. The molecule has 1 N–H and O–H groups in total. The lowest BCUT2D eigenvalue weighted by Gasteiger charge is -2.39. The molecule has 0 heterocycles. The molecule has 0 radical (unpaired) electrons. The van der Waals surface area contributed by atoms with Crippen molar-refractivity contribution in [2.24, 2.45) is 0 Å². The molecular formula is C31H41F3N2O. The number of benzene rings is 1. The zero-order valence-electron chi connectivity index (χ0n) is 22.8. The van der Waals surface area contributed by atoms with E-state index in [1.54, 1.807) is 6.92 Å². The Morgan fingerprint density at radius 3 is 2.22 bits per heavy atom. The molecule has 0 aliphatic heterocycles. The van der Waals surface area contributed by atoms with Gasteiger partial charge in [-0.3, -0.25) is 4.79 Å². The Kier molecular flexibility index (Phi) is 9.14. The number of amides is 1. The first-order chi connectivity index (χ1) is 17.4. The minimum absolute atomic E-state index is 0.0358. The summed E-state index contributed by atoms with van der Waals surface area (Å²) < 4.78 is 42.0. The smallest absolute Gasteiger partial charge is 0.248 e. The molecule has 1 aromatic carbocycles. The van der Waals surface area contributed by atoms with Gasteiger partial charge in [-0.2, -0.15) is 0 Å². The van der Waals surface area contributed by atoms with Crippen LogP contribution in [0, 0.1) is 0 Å². The van der Waals surface area contributed by atoms with Gasteiger partial charge in [-0.15, -0.1) is 0 Å². The maximum atomic E-state index is 14.5. The molecule has 0 aromatic heterocycles. The van der Waals surface area contributed by atoms with Crippen LogP contribution < -0.4 is 10.2 Å². The molecule has 2 fully saturated rings. The van der Waals surface area contributed by atoms with E-state index < -0.39 is 17.8 Å². The van der Waals surface area contributed by atoms with Crippen LogP contribution in [0.1, 0.15) is 85.1 Å². The summed E-state index contributed by atoms with van der Waals surface area (Å²) in [6, 6.07) is 6.86. The van der Waals surface area contributed by atoms with E-state index in [1.165, 1.54) is 23.8 Å². The Morgan fingerprint density at radius 1 is 1.16 bits per heavy atom. The first-order valence-corrected chi connectivity index (χ1v) is 13.3. The highest BCUT2D eigenvalue weighted by Gasteiger charge is 2.38. The number of halogens is 3. The van der Waals surface area contributed by atoms with Crippen molar-refractivity contribution in [3.63, 3.8) is 0 Å². The van der Waals surface area contributed by atoms with E-state index >= 15 is 0 Å². The van der Waals surface area contributed by atoms with Gasteiger partial charge in [0.15, 0.2) is 0 Å². The second-order valence-electron chi connectivity index (χ2n) is 11.3. The molecule has 0 saturated heterocycles. The largest absolute Gasteiger partial charge is 0.351 e. The van der Waals surface area contributed by atoms with Crippen LogP contribution in [0.15, 0.2) is 71.7 Å². The second-order valence-corrected chi connectivity index (χ2v) is 11.3. The molecule has 2 aliphatic carbocycles. The number of allylic oxidation sites excluding steroid dienone is 5. The van der Waals surface area contributed by atoms with Crippen molar-refractivity contribution >= 4 is 11.6 Å². The molecule has 3 rings (SSSR count). The summed E-state index contributed by atoms with van der Waals surface area (Å²) in [7, 11) is 0. The Balaban J connectivity index is 2.08. The SMILES string of the molecule is C=C/C(=C\C(F)=C/C)C(C(=O)NC1CCC(F)(F)CC1)N(C(C)=C1CCC1)c1ccc(C(C)(C)C)cc1. The standard InChI is InChI=1S/C31H41F3N2O/c1-7-22(20-25(32)8-2)28(29(37)35-26-16-18-31(33,34)19-17-26)36(21(3)23-10-9-11-23)27-14-12-24(13-15-27)30(4,5)6/h7-8,12-15,20,26,28H,1,9-11,16-19H2,2-6H3,(H,35,37)/b22-20+,25-8+. The quantitative estimate of drug-likeness (QED) is 0.354. The van der Waals surface area contributed by atoms with Crippen LogP contribution in [-0.4, -0.2) is 23.9 Å². The number of hydrogen-bond acceptors (Lipinski definition) is 2. The fourth-order valence-corrected chi connectivity index (χ4v) is 4.92. The molecule has 1 atom stereocenters. The number of carbonyl (C=O) groups excluding carboxylic acids is 1. The van der Waals surface area contributed by atoms with Crippen molar-refractivity contribution in [3.05, 3.63) is 77.3 Å². The molecule has 0 bridgehead atoms. The minimum Gasteiger partial charge on any atom is -0.351 e. The van der Waals surface area contributed by atoms with Gasteiger partial charge in [0.05, 0.1) is 0 Å². The van der Waals surface area contributed by atoms with E-state index in [0.717, 1.165) is 36.2 Å². The minimum atomic E-state index is -2.69. The summed E-state index contributed by atoms with van der Waals surface area (Å²) in [6.45, 7) is 13.9. The number of carbonyl (C=O) groups is 1. The number of anilines is 1. The van der Waals surface area contributed by atoms with E-state index in [1.807, 2.05) is 24.0 Å². The van der Waals surface area contributed by atoms with Gasteiger partial charge in [-0.25, -0.2) is 13.2 Å². The monoisotopic (exact) mass is 514 g/mol. The van der Waals surface area contributed by atoms with Crippen LogP contribution in [0.5, 0.6) is 0 Å². The first kappa shape index (κ1) is 28.8. The highest BCUT2D eigenvalue weighted by atomic mass is 19.3. The Bertz CT molecular complexity index is 1060. The Morgan fingerprint density at radius 2 is 1.76 bits per heavy atom. The third-order valence-electron chi connectivity index (χ3n) is 7.54. The summed E-state index contributed by atoms with van der Waals surface area (Å²) in [5.74, 6) is -3.50. The number of nitrogens with one attached hydrogen (secondary N) is 1. The number of rotatable bonds is 8. The van der Waals surface area contributed by atoms with E-state index in [4.69, 9.17) is 0 Å². The van der Waals surface area contributed by atoms with Crippen LogP contribution in [0.3, 0.4) is 0 Å². The van der Waals surface area contributed by atoms with Crippen molar-refractivity contribution in [1.82, 2.24) is 5.32 Å². The van der Waals surface area contributed by atoms with Crippen LogP contribution in [0.4, 0.5) is 18.9 Å². The van der Waals surface area contributed by atoms with Crippen molar-refractivity contribution in [2.75, 3.05) is 4.90 Å². The summed E-state index contributed by atoms with van der Waals surface area (Å²) >= 11 is 0. The van der Waals surface area contributed by atoms with Gasteiger partial charge < -0.3 is 10.2 Å². The van der Waals surface area contributed by atoms with E-state index in [2.05, 4.69) is 44.8 Å². The molecule has 1 amide bonds. The van der Waals surface area contributed by atoms with Crippen molar-refractivity contribution < 1.29 is 18.0 Å². The van der Waals surface area contributed by atoms with Gasteiger partial charge in [-0.1, -0.05) is 57.2 Å². The molecular weight excluding hydrogens is 473 g/mol. The van der Waals surface area contributed by atoms with Crippen LogP contribution in [0.25, 0.3) is 0 Å². The van der Waals surface area contributed by atoms with E-state index in [-0.39, 0.29) is 43.0 Å². The molecule has 2 saturated carbocycles. The van der Waals surface area contributed by atoms with Gasteiger partial charge in [0.1, 0.15) is 11.9 Å². The number of hydrogen-bond donors (Lipinski definition) is 1. The zero-order valence-corrected chi connectivity index (χ0v) is 22.8. The summed E-state index contributed by atoms with van der Waals surface area (Å²) in [5, 5.41) is 3.01. The van der Waals surface area contributed by atoms with Gasteiger partial charge in [0.25, 0.3) is 0 Å². The molecule has 1 unspecified atom stereocenters. The first-order valence-electron chi connectivity index (χ1n) is 13.3. The fourth-order valence-electron chi connectivity index (χ4n) is 4.92. The molecule has 0 spiro atoms. The third-order valence-corrected chi connectivity index (χ3v) is 7.54. The lowest BCUT2D eigenvalue weighted by Crippen LogP contribution is -2.51. The van der Waals surface area contributed by atoms with Gasteiger partial charge in [-0.05, 0) is 80.7 Å².